The number of aromatic nitrogens is 3. The van der Waals surface area contributed by atoms with E-state index in [1.165, 1.54) is 4.68 Å². The minimum atomic E-state index is -0.597. The predicted octanol–water partition coefficient (Wildman–Crippen LogP) is 0.342. The molecule has 0 radical (unpaired) electrons. The van der Waals surface area contributed by atoms with Crippen molar-refractivity contribution in [1.29, 1.82) is 0 Å². The van der Waals surface area contributed by atoms with Gasteiger partial charge in [-0.1, -0.05) is 12.1 Å². The summed E-state index contributed by atoms with van der Waals surface area (Å²) in [6, 6.07) is 0.409. The number of hydrogen-bond donors (Lipinski definition) is 1. The standard InChI is InChI=1S/C11H18N4O2/c1-3-10(16)9-6-15(13-12-9)7-11(17)14(2)8-4-5-8/h6,8,10,16H,3-5,7H2,1-2H3. The highest BCUT2D eigenvalue weighted by Crippen LogP contribution is 2.25. The molecule has 94 valence electrons. The fourth-order valence-electron chi connectivity index (χ4n) is 1.67. The molecule has 17 heavy (non-hydrogen) atoms. The van der Waals surface area contributed by atoms with Gasteiger partial charge in [0.2, 0.25) is 5.91 Å². The molecule has 1 unspecified atom stereocenters. The second-order valence-corrected chi connectivity index (χ2v) is 4.50. The number of hydrogen-bond acceptors (Lipinski definition) is 4. The summed E-state index contributed by atoms with van der Waals surface area (Å²) in [5.74, 6) is 0.0370. The first kappa shape index (κ1) is 12.0. The molecule has 1 atom stereocenters. The van der Waals surface area contributed by atoms with Crippen molar-refractivity contribution in [3.63, 3.8) is 0 Å². The van der Waals surface area contributed by atoms with E-state index in [0.29, 0.717) is 18.2 Å². The fraction of sp³-hybridized carbons (Fsp3) is 0.727. The van der Waals surface area contributed by atoms with Gasteiger partial charge in [0.05, 0.1) is 12.3 Å². The summed E-state index contributed by atoms with van der Waals surface area (Å²) >= 11 is 0. The summed E-state index contributed by atoms with van der Waals surface area (Å²) in [6.07, 6.45) is 3.82. The van der Waals surface area contributed by atoms with Crippen LogP contribution in [-0.2, 0) is 11.3 Å². The van der Waals surface area contributed by atoms with Gasteiger partial charge in [0.1, 0.15) is 12.2 Å². The van der Waals surface area contributed by atoms with Crippen LogP contribution in [0.1, 0.15) is 38.0 Å². The SMILES string of the molecule is CCC(O)c1cn(CC(=O)N(C)C2CC2)nn1. The number of aliphatic hydroxyl groups excluding tert-OH is 1. The second-order valence-electron chi connectivity index (χ2n) is 4.50. The molecular weight excluding hydrogens is 220 g/mol. The van der Waals surface area contributed by atoms with Crippen LogP contribution in [0.3, 0.4) is 0 Å². The lowest BCUT2D eigenvalue weighted by molar-refractivity contribution is -0.131. The molecule has 0 spiro atoms. The van der Waals surface area contributed by atoms with Crippen molar-refractivity contribution in [3.8, 4) is 0 Å². The van der Waals surface area contributed by atoms with Gasteiger partial charge in [0.25, 0.3) is 0 Å². The quantitative estimate of drug-likeness (QED) is 0.803. The third-order valence-corrected chi connectivity index (χ3v) is 3.07. The van der Waals surface area contributed by atoms with Crippen LogP contribution in [0.5, 0.6) is 0 Å². The van der Waals surface area contributed by atoms with E-state index in [9.17, 15) is 9.90 Å². The molecule has 1 aromatic rings. The van der Waals surface area contributed by atoms with E-state index in [-0.39, 0.29) is 12.5 Å². The van der Waals surface area contributed by atoms with Crippen LogP contribution in [0.15, 0.2) is 6.20 Å². The summed E-state index contributed by atoms with van der Waals surface area (Å²) in [6.45, 7) is 2.06. The van der Waals surface area contributed by atoms with Gasteiger partial charge in [0.15, 0.2) is 0 Å². The van der Waals surface area contributed by atoms with Crippen LogP contribution < -0.4 is 0 Å². The number of aliphatic hydroxyl groups is 1. The van der Waals surface area contributed by atoms with Crippen molar-refractivity contribution in [1.82, 2.24) is 19.9 Å². The molecule has 6 heteroatoms. The average Bonchev–Trinajstić information content (AvgIpc) is 3.08. The maximum absolute atomic E-state index is 11.8. The zero-order valence-electron chi connectivity index (χ0n) is 10.2. The Morgan fingerprint density at radius 1 is 1.71 bits per heavy atom. The first-order valence-electron chi connectivity index (χ1n) is 5.95. The molecule has 0 bridgehead atoms. The molecule has 0 saturated heterocycles. The third-order valence-electron chi connectivity index (χ3n) is 3.07. The highest BCUT2D eigenvalue weighted by Gasteiger charge is 2.29. The topological polar surface area (TPSA) is 71.2 Å². The molecule has 1 heterocycles. The Morgan fingerprint density at radius 3 is 3.00 bits per heavy atom. The number of nitrogens with zero attached hydrogens (tertiary/aromatic N) is 4. The van der Waals surface area contributed by atoms with Crippen molar-refractivity contribution in [2.24, 2.45) is 0 Å². The van der Waals surface area contributed by atoms with Crippen LogP contribution in [0.2, 0.25) is 0 Å². The Hall–Kier alpha value is -1.43. The first-order valence-corrected chi connectivity index (χ1v) is 5.95. The van der Waals surface area contributed by atoms with E-state index in [2.05, 4.69) is 10.3 Å². The molecule has 1 aromatic heterocycles. The van der Waals surface area contributed by atoms with E-state index in [1.807, 2.05) is 14.0 Å². The highest BCUT2D eigenvalue weighted by molar-refractivity contribution is 5.76. The van der Waals surface area contributed by atoms with E-state index < -0.39 is 6.10 Å². The average molecular weight is 238 g/mol. The van der Waals surface area contributed by atoms with Gasteiger partial charge < -0.3 is 10.0 Å². The van der Waals surface area contributed by atoms with Crippen molar-refractivity contribution in [2.45, 2.75) is 44.9 Å². The Kier molecular flexibility index (Phi) is 3.42. The molecule has 1 N–H and O–H groups in total. The van der Waals surface area contributed by atoms with Gasteiger partial charge >= 0.3 is 0 Å². The van der Waals surface area contributed by atoms with Crippen LogP contribution in [0.25, 0.3) is 0 Å². The molecule has 0 aromatic carbocycles. The molecule has 6 nitrogen and oxygen atoms in total. The van der Waals surface area contributed by atoms with Crippen molar-refractivity contribution >= 4 is 5.91 Å². The molecule has 1 amide bonds. The third kappa shape index (κ3) is 2.82. The molecule has 1 fully saturated rings. The first-order chi connectivity index (χ1) is 8.11. The molecule has 0 aliphatic heterocycles. The Labute approximate surface area is 100 Å². The Morgan fingerprint density at radius 2 is 2.41 bits per heavy atom. The monoisotopic (exact) mass is 238 g/mol. The number of likely N-dealkylation sites (N-methyl/N-ethyl adjacent to an activating group) is 1. The molecule has 2 rings (SSSR count). The zero-order valence-corrected chi connectivity index (χ0v) is 10.2. The van der Waals surface area contributed by atoms with Crippen LogP contribution in [0.4, 0.5) is 0 Å². The van der Waals surface area contributed by atoms with Crippen molar-refractivity contribution in [3.05, 3.63) is 11.9 Å². The Balaban J connectivity index is 1.94. The van der Waals surface area contributed by atoms with Crippen molar-refractivity contribution in [2.75, 3.05) is 7.05 Å². The van der Waals surface area contributed by atoms with Crippen molar-refractivity contribution < 1.29 is 9.90 Å². The second kappa shape index (κ2) is 4.83. The van der Waals surface area contributed by atoms with E-state index in [0.717, 1.165) is 12.8 Å². The number of carbonyl (C=O) groups is 1. The van der Waals surface area contributed by atoms with Gasteiger partial charge in [-0.15, -0.1) is 5.10 Å². The largest absolute Gasteiger partial charge is 0.387 e. The van der Waals surface area contributed by atoms with Gasteiger partial charge in [-0.2, -0.15) is 0 Å². The number of amides is 1. The van der Waals surface area contributed by atoms with Gasteiger partial charge in [-0.05, 0) is 19.3 Å². The van der Waals surface area contributed by atoms with E-state index in [1.54, 1.807) is 11.1 Å². The molecule has 1 aliphatic rings. The van der Waals surface area contributed by atoms with Crippen LogP contribution >= 0.6 is 0 Å². The maximum atomic E-state index is 11.8. The predicted molar refractivity (Wildman–Crippen MR) is 61.1 cm³/mol. The summed E-state index contributed by atoms with van der Waals surface area (Å²) in [7, 11) is 1.82. The summed E-state index contributed by atoms with van der Waals surface area (Å²) in [5, 5.41) is 17.3. The zero-order chi connectivity index (χ0) is 12.4. The van der Waals surface area contributed by atoms with Crippen LogP contribution in [0, 0.1) is 0 Å². The van der Waals surface area contributed by atoms with Gasteiger partial charge in [-0.25, -0.2) is 4.68 Å². The summed E-state index contributed by atoms with van der Waals surface area (Å²) in [4.78, 5) is 13.6. The minimum Gasteiger partial charge on any atom is -0.387 e. The lowest BCUT2D eigenvalue weighted by atomic mass is 10.2. The lowest BCUT2D eigenvalue weighted by Crippen LogP contribution is -2.32. The Bertz CT molecular complexity index is 400. The summed E-state index contributed by atoms with van der Waals surface area (Å²) < 4.78 is 1.48. The molecule has 1 aliphatic carbocycles. The van der Waals surface area contributed by atoms with E-state index >= 15 is 0 Å². The normalized spacial score (nSPS) is 16.9. The van der Waals surface area contributed by atoms with Crippen LogP contribution in [-0.4, -0.2) is 44.0 Å². The van der Waals surface area contributed by atoms with Gasteiger partial charge in [0, 0.05) is 13.1 Å². The fourth-order valence-corrected chi connectivity index (χ4v) is 1.67. The smallest absolute Gasteiger partial charge is 0.244 e. The van der Waals surface area contributed by atoms with Gasteiger partial charge in [-0.3, -0.25) is 4.79 Å². The van der Waals surface area contributed by atoms with E-state index in [4.69, 9.17) is 0 Å². The highest BCUT2D eigenvalue weighted by atomic mass is 16.3. The minimum absolute atomic E-state index is 0.0370. The summed E-state index contributed by atoms with van der Waals surface area (Å²) in [5.41, 5.74) is 0.523. The molecule has 1 saturated carbocycles. The molecular formula is C11H18N4O2. The number of carbonyl (C=O) groups excluding carboxylic acids is 1. The number of rotatable bonds is 5. The lowest BCUT2D eigenvalue weighted by Gasteiger charge is -2.15. The maximum Gasteiger partial charge on any atom is 0.244 e.